The summed E-state index contributed by atoms with van der Waals surface area (Å²) in [5.74, 6) is -1.19. The van der Waals surface area contributed by atoms with Crippen molar-refractivity contribution in [1.82, 2.24) is 0 Å². The Morgan fingerprint density at radius 3 is 1.55 bits per heavy atom. The molecule has 0 radical (unpaired) electrons. The molecule has 0 bridgehead atoms. The van der Waals surface area contributed by atoms with Gasteiger partial charge in [0.1, 0.15) is 43.2 Å². The lowest BCUT2D eigenvalue weighted by Gasteiger charge is -2.41. The lowest BCUT2D eigenvalue weighted by atomic mass is 9.85. The highest BCUT2D eigenvalue weighted by molar-refractivity contribution is 7.47. The summed E-state index contributed by atoms with van der Waals surface area (Å²) in [6, 6.07) is 0. The summed E-state index contributed by atoms with van der Waals surface area (Å²) in [5, 5.41) is 50.2. The van der Waals surface area contributed by atoms with Crippen molar-refractivity contribution < 1.29 is 67.8 Å². The Hall–Kier alpha value is -2.49. The van der Waals surface area contributed by atoms with Crippen molar-refractivity contribution in [3.63, 3.8) is 0 Å². The zero-order valence-electron chi connectivity index (χ0n) is 38.8. The van der Waals surface area contributed by atoms with Gasteiger partial charge in [-0.15, -0.1) is 0 Å². The summed E-state index contributed by atoms with van der Waals surface area (Å²) in [7, 11) is -5.15. The maximum absolute atomic E-state index is 12.8. The predicted molar refractivity (Wildman–Crippen MR) is 248 cm³/mol. The average molecular weight is 927 g/mol. The van der Waals surface area contributed by atoms with Gasteiger partial charge >= 0.3 is 19.8 Å². The van der Waals surface area contributed by atoms with Crippen LogP contribution in [0.25, 0.3) is 0 Å². The number of epoxide rings is 1. The molecule has 368 valence electrons. The molecule has 0 amide bonds. The van der Waals surface area contributed by atoms with Crippen LogP contribution < -0.4 is 0 Å². The van der Waals surface area contributed by atoms with E-state index >= 15 is 0 Å². The second-order valence-electron chi connectivity index (χ2n) is 17.0. The van der Waals surface area contributed by atoms with Crippen molar-refractivity contribution in [2.75, 3.05) is 13.2 Å². The molecule has 6 N–H and O–H groups in total. The highest BCUT2D eigenvalue weighted by Crippen LogP contribution is 2.47. The van der Waals surface area contributed by atoms with Crippen molar-refractivity contribution in [2.24, 2.45) is 0 Å². The fraction of sp³-hybridized carbons (Fsp3) is 0.755. The van der Waals surface area contributed by atoms with Crippen molar-refractivity contribution in [2.45, 2.75) is 223 Å². The first-order chi connectivity index (χ1) is 30.9. The Bertz CT molecular complexity index is 1420. The van der Waals surface area contributed by atoms with Gasteiger partial charge in [0.2, 0.25) is 0 Å². The molecular weight excluding hydrogens is 843 g/mol. The van der Waals surface area contributed by atoms with Crippen molar-refractivity contribution in [3.8, 4) is 0 Å². The van der Waals surface area contributed by atoms with E-state index in [-0.39, 0.29) is 25.0 Å². The van der Waals surface area contributed by atoms with Crippen LogP contribution in [-0.2, 0) is 37.4 Å². The summed E-state index contributed by atoms with van der Waals surface area (Å²) < 4.78 is 39.3. The summed E-state index contributed by atoms with van der Waals surface area (Å²) in [5.41, 5.74) is 0. The van der Waals surface area contributed by atoms with E-state index < -0.39 is 75.7 Å². The number of aliphatic hydroxyl groups excluding tert-OH is 5. The van der Waals surface area contributed by atoms with Gasteiger partial charge in [0.05, 0.1) is 18.8 Å². The quantitative estimate of drug-likeness (QED) is 0.0112. The monoisotopic (exact) mass is 927 g/mol. The van der Waals surface area contributed by atoms with Crippen LogP contribution in [0.15, 0.2) is 60.8 Å². The lowest BCUT2D eigenvalue weighted by molar-refractivity contribution is -0.220. The predicted octanol–water partition coefficient (Wildman–Crippen LogP) is 8.71. The standard InChI is InChI=1S/C49H83O14P/c1-3-5-7-9-11-13-14-15-16-17-18-19-20-22-24-26-31-35-42(50)59-37-39(38-60-64(57,58)63-49-47(55)45(53)44(52)46(54)48(49)56)61-43(51)36-32-28-27-30-34-41-40(62-41)33-29-25-23-21-12-10-8-6-4-2/h11-13,15-16,21,25,27,29-30,39-41,44-49,52-56H,3-10,14,17-20,22-24,26,28,31-38H2,1-2H3,(H,57,58)/b13-11-,16-15-,21-12-,29-25-,30-27-/t39-,40?,41?,44?,45-,46+,47-,48-,49?/m1/s1. The molecule has 2 rings (SSSR count). The van der Waals surface area contributed by atoms with E-state index in [2.05, 4.69) is 62.5 Å². The van der Waals surface area contributed by atoms with Gasteiger partial charge in [-0.05, 0) is 83.5 Å². The summed E-state index contributed by atoms with van der Waals surface area (Å²) in [4.78, 5) is 35.8. The van der Waals surface area contributed by atoms with Crippen LogP contribution in [0, 0.1) is 0 Å². The number of hydrogen-bond acceptors (Lipinski definition) is 13. The first-order valence-corrected chi connectivity index (χ1v) is 25.7. The van der Waals surface area contributed by atoms with Gasteiger partial charge in [-0.2, -0.15) is 0 Å². The topological polar surface area (TPSA) is 222 Å². The number of aliphatic hydroxyl groups is 5. The molecule has 1 aliphatic carbocycles. The zero-order valence-corrected chi connectivity index (χ0v) is 39.6. The number of ether oxygens (including phenoxy) is 3. The second-order valence-corrected chi connectivity index (χ2v) is 18.4. The molecule has 10 atom stereocenters. The van der Waals surface area contributed by atoms with Gasteiger partial charge in [0, 0.05) is 12.8 Å². The van der Waals surface area contributed by atoms with Crippen LogP contribution in [0.2, 0.25) is 0 Å². The molecule has 2 aliphatic rings. The Labute approximate surface area is 383 Å². The van der Waals surface area contributed by atoms with Crippen LogP contribution in [0.3, 0.4) is 0 Å². The minimum Gasteiger partial charge on any atom is -0.462 e. The molecule has 1 heterocycles. The van der Waals surface area contributed by atoms with E-state index in [9.17, 15) is 44.6 Å². The third-order valence-electron chi connectivity index (χ3n) is 11.2. The number of rotatable bonds is 38. The fourth-order valence-electron chi connectivity index (χ4n) is 7.17. The Balaban J connectivity index is 1.73. The van der Waals surface area contributed by atoms with Gasteiger partial charge < -0.3 is 44.6 Å². The molecule has 0 aromatic rings. The van der Waals surface area contributed by atoms with Gasteiger partial charge in [-0.25, -0.2) is 4.57 Å². The molecule has 0 aromatic heterocycles. The van der Waals surface area contributed by atoms with Crippen molar-refractivity contribution in [1.29, 1.82) is 0 Å². The maximum atomic E-state index is 12.8. The average Bonchev–Trinajstić information content (AvgIpc) is 4.04. The molecule has 0 spiro atoms. The van der Waals surface area contributed by atoms with E-state index in [1.54, 1.807) is 0 Å². The molecule has 1 aliphatic heterocycles. The van der Waals surface area contributed by atoms with Gasteiger partial charge in [-0.3, -0.25) is 18.6 Å². The number of carbonyl (C=O) groups is 2. The second kappa shape index (κ2) is 35.7. The lowest BCUT2D eigenvalue weighted by Crippen LogP contribution is -2.64. The number of phosphoric ester groups is 1. The first-order valence-electron chi connectivity index (χ1n) is 24.2. The third kappa shape index (κ3) is 27.2. The summed E-state index contributed by atoms with van der Waals surface area (Å²) in [6.45, 7) is 3.18. The summed E-state index contributed by atoms with van der Waals surface area (Å²) in [6.07, 6.45) is 31.5. The van der Waals surface area contributed by atoms with Crippen LogP contribution in [0.4, 0.5) is 0 Å². The normalized spacial score (nSPS) is 25.2. The van der Waals surface area contributed by atoms with E-state index in [4.69, 9.17) is 23.3 Å². The van der Waals surface area contributed by atoms with Crippen LogP contribution in [0.1, 0.15) is 168 Å². The van der Waals surface area contributed by atoms with E-state index in [1.807, 2.05) is 12.2 Å². The molecule has 64 heavy (non-hydrogen) atoms. The molecule has 15 heteroatoms. The van der Waals surface area contributed by atoms with Crippen molar-refractivity contribution >= 4 is 19.8 Å². The van der Waals surface area contributed by atoms with Crippen LogP contribution in [-0.4, -0.2) is 111 Å². The summed E-state index contributed by atoms with van der Waals surface area (Å²) >= 11 is 0. The molecule has 0 aromatic carbocycles. The van der Waals surface area contributed by atoms with Gasteiger partial charge in [0.15, 0.2) is 6.10 Å². The Morgan fingerprint density at radius 1 is 0.547 bits per heavy atom. The van der Waals surface area contributed by atoms with Gasteiger partial charge in [-0.1, -0.05) is 132 Å². The van der Waals surface area contributed by atoms with E-state index in [1.165, 1.54) is 38.5 Å². The first kappa shape index (κ1) is 57.6. The largest absolute Gasteiger partial charge is 0.472 e. The molecule has 5 unspecified atom stereocenters. The minimum absolute atomic E-state index is 0.00852. The van der Waals surface area contributed by atoms with E-state index in [0.717, 1.165) is 83.5 Å². The molecule has 14 nitrogen and oxygen atoms in total. The minimum atomic E-state index is -5.15. The number of allylic oxidation sites excluding steroid dienone is 8. The Kier molecular flexibility index (Phi) is 32.1. The number of phosphoric acid groups is 1. The zero-order chi connectivity index (χ0) is 46.8. The molecule has 2 fully saturated rings. The number of unbranched alkanes of at least 4 members (excludes halogenated alkanes) is 14. The molecule has 1 saturated carbocycles. The van der Waals surface area contributed by atoms with Gasteiger partial charge in [0.25, 0.3) is 0 Å². The Morgan fingerprint density at radius 2 is 0.984 bits per heavy atom. The SMILES string of the molecule is CCCCC/C=C\C/C=C\CCCCCCCCCC(=O)OC[C@H](COP(=O)(O)OC1[C@H](O)[C@H](O)C(O)[C@H](O)[C@H]1O)OC(=O)CCC/C=C\CC1OC1C/C=C\C/C=C\CCCCC. The van der Waals surface area contributed by atoms with E-state index in [0.29, 0.717) is 19.3 Å². The van der Waals surface area contributed by atoms with Crippen LogP contribution >= 0.6 is 7.82 Å². The maximum Gasteiger partial charge on any atom is 0.472 e. The molecular formula is C49H83O14P. The number of carbonyl (C=O) groups excluding carboxylic acids is 2. The number of esters is 2. The number of hydrogen-bond donors (Lipinski definition) is 6. The highest BCUT2D eigenvalue weighted by atomic mass is 31.2. The smallest absolute Gasteiger partial charge is 0.462 e. The fourth-order valence-corrected chi connectivity index (χ4v) is 8.15. The third-order valence-corrected chi connectivity index (χ3v) is 12.2. The van der Waals surface area contributed by atoms with Crippen molar-refractivity contribution in [3.05, 3.63) is 60.8 Å². The molecule has 1 saturated heterocycles. The van der Waals surface area contributed by atoms with Crippen LogP contribution in [0.5, 0.6) is 0 Å². The highest BCUT2D eigenvalue weighted by Gasteiger charge is 2.51.